The Morgan fingerprint density at radius 1 is 1.33 bits per heavy atom. The molecule has 0 bridgehead atoms. The van der Waals surface area contributed by atoms with Gasteiger partial charge in [0, 0.05) is 25.3 Å². The number of carboxylic acid groups (broad SMARTS) is 1. The summed E-state index contributed by atoms with van der Waals surface area (Å²) in [6.45, 7) is 1.18. The minimum absolute atomic E-state index is 0.0553. The molecule has 2 heterocycles. The summed E-state index contributed by atoms with van der Waals surface area (Å²) < 4.78 is 5.18. The van der Waals surface area contributed by atoms with E-state index in [1.54, 1.807) is 0 Å². The first kappa shape index (κ1) is 12.5. The second-order valence-electron chi connectivity index (χ2n) is 4.14. The quantitative estimate of drug-likeness (QED) is 0.839. The average molecular weight is 250 g/mol. The van der Waals surface area contributed by atoms with Crippen LogP contribution in [0, 0.1) is 5.92 Å². The topological polar surface area (TPSA) is 88.5 Å². The second kappa shape index (κ2) is 5.59. The molecule has 1 aliphatic heterocycles. The molecule has 0 aliphatic carbocycles. The number of rotatable bonds is 3. The molecule has 0 spiro atoms. The normalized spacial score (nSPS) is 16.2. The van der Waals surface area contributed by atoms with Gasteiger partial charge in [-0.15, -0.1) is 0 Å². The molecule has 1 aromatic rings. The van der Waals surface area contributed by atoms with Crippen LogP contribution < -0.4 is 5.32 Å². The van der Waals surface area contributed by atoms with Crippen LogP contribution in [0.3, 0.4) is 0 Å². The summed E-state index contributed by atoms with van der Waals surface area (Å²) in [5.74, 6) is -1.25. The fraction of sp³-hybridized carbons (Fsp3) is 0.417. The highest BCUT2D eigenvalue weighted by Crippen LogP contribution is 2.17. The zero-order valence-electron chi connectivity index (χ0n) is 9.76. The van der Waals surface area contributed by atoms with Crippen molar-refractivity contribution >= 4 is 17.6 Å². The first-order chi connectivity index (χ1) is 8.66. The standard InChI is InChI=1S/C12H14N2O4/c15-11(8-1-3-18-4-2-8)14-10-5-9(12(16)17)6-13-7-10/h5-8H,1-4H2,(H,14,15)(H,16,17). The van der Waals surface area contributed by atoms with E-state index >= 15 is 0 Å². The molecular formula is C12H14N2O4. The zero-order chi connectivity index (χ0) is 13.0. The summed E-state index contributed by atoms with van der Waals surface area (Å²) in [5.41, 5.74) is 0.464. The maximum atomic E-state index is 11.9. The van der Waals surface area contributed by atoms with Crippen LogP contribution in [0.1, 0.15) is 23.2 Å². The van der Waals surface area contributed by atoms with Gasteiger partial charge >= 0.3 is 5.97 Å². The number of nitrogens with zero attached hydrogens (tertiary/aromatic N) is 1. The monoisotopic (exact) mass is 250 g/mol. The Kier molecular flexibility index (Phi) is 3.88. The van der Waals surface area contributed by atoms with Crippen molar-refractivity contribution in [2.75, 3.05) is 18.5 Å². The summed E-state index contributed by atoms with van der Waals surface area (Å²) in [4.78, 5) is 26.5. The van der Waals surface area contributed by atoms with Crippen molar-refractivity contribution in [1.29, 1.82) is 0 Å². The van der Waals surface area contributed by atoms with Crippen LogP contribution in [0.2, 0.25) is 0 Å². The Hall–Kier alpha value is -1.95. The summed E-state index contributed by atoms with van der Waals surface area (Å²) in [7, 11) is 0. The summed E-state index contributed by atoms with van der Waals surface area (Å²) in [6.07, 6.45) is 4.06. The molecule has 1 saturated heterocycles. The van der Waals surface area contributed by atoms with Crippen LogP contribution in [0.5, 0.6) is 0 Å². The highest BCUT2D eigenvalue weighted by atomic mass is 16.5. The number of carbonyl (C=O) groups excluding carboxylic acids is 1. The molecule has 2 N–H and O–H groups in total. The van der Waals surface area contributed by atoms with E-state index in [9.17, 15) is 9.59 Å². The Bertz CT molecular complexity index is 455. The molecule has 0 saturated carbocycles. The largest absolute Gasteiger partial charge is 0.478 e. The summed E-state index contributed by atoms with van der Waals surface area (Å²) in [5, 5.41) is 11.5. The van der Waals surface area contributed by atoms with Crippen LogP contribution >= 0.6 is 0 Å². The van der Waals surface area contributed by atoms with Crippen molar-refractivity contribution in [2.24, 2.45) is 5.92 Å². The predicted molar refractivity (Wildman–Crippen MR) is 63.4 cm³/mol. The molecule has 1 amide bonds. The molecule has 0 atom stereocenters. The Balaban J connectivity index is 2.02. The van der Waals surface area contributed by atoms with E-state index in [4.69, 9.17) is 9.84 Å². The molecule has 0 unspecified atom stereocenters. The molecule has 1 aliphatic rings. The first-order valence-corrected chi connectivity index (χ1v) is 5.74. The molecule has 1 aromatic heterocycles. The smallest absolute Gasteiger partial charge is 0.337 e. The van der Waals surface area contributed by atoms with Crippen LogP contribution in [0.4, 0.5) is 5.69 Å². The first-order valence-electron chi connectivity index (χ1n) is 5.74. The molecular weight excluding hydrogens is 236 g/mol. The fourth-order valence-corrected chi connectivity index (χ4v) is 1.83. The van der Waals surface area contributed by atoms with E-state index < -0.39 is 5.97 Å². The predicted octanol–water partition coefficient (Wildman–Crippen LogP) is 1.14. The molecule has 0 radical (unpaired) electrons. The van der Waals surface area contributed by atoms with Gasteiger partial charge < -0.3 is 15.2 Å². The second-order valence-corrected chi connectivity index (χ2v) is 4.14. The Morgan fingerprint density at radius 2 is 2.06 bits per heavy atom. The van der Waals surface area contributed by atoms with Crippen LogP contribution in [0.15, 0.2) is 18.5 Å². The SMILES string of the molecule is O=C(O)c1cncc(NC(=O)C2CCOCC2)c1. The van der Waals surface area contributed by atoms with Crippen LogP contribution in [-0.2, 0) is 9.53 Å². The minimum Gasteiger partial charge on any atom is -0.478 e. The van der Waals surface area contributed by atoms with Crippen LogP contribution in [-0.4, -0.2) is 35.2 Å². The van der Waals surface area contributed by atoms with Gasteiger partial charge in [0.25, 0.3) is 0 Å². The van der Waals surface area contributed by atoms with Gasteiger partial charge in [-0.25, -0.2) is 4.79 Å². The third kappa shape index (κ3) is 3.04. The van der Waals surface area contributed by atoms with Crippen LogP contribution in [0.25, 0.3) is 0 Å². The molecule has 6 nitrogen and oxygen atoms in total. The number of nitrogens with one attached hydrogen (secondary N) is 1. The Labute approximate surface area is 104 Å². The average Bonchev–Trinajstić information content (AvgIpc) is 2.40. The number of anilines is 1. The van der Waals surface area contributed by atoms with Crippen molar-refractivity contribution < 1.29 is 19.4 Å². The van der Waals surface area contributed by atoms with Gasteiger partial charge in [-0.05, 0) is 18.9 Å². The number of aromatic nitrogens is 1. The van der Waals surface area contributed by atoms with Crippen molar-refractivity contribution in [2.45, 2.75) is 12.8 Å². The van der Waals surface area contributed by atoms with Crippen molar-refractivity contribution in [3.8, 4) is 0 Å². The van der Waals surface area contributed by atoms with Crippen molar-refractivity contribution in [3.63, 3.8) is 0 Å². The lowest BCUT2D eigenvalue weighted by Gasteiger charge is -2.21. The van der Waals surface area contributed by atoms with Gasteiger partial charge in [-0.2, -0.15) is 0 Å². The van der Waals surface area contributed by atoms with Gasteiger partial charge in [0.15, 0.2) is 0 Å². The minimum atomic E-state index is -1.07. The lowest BCUT2D eigenvalue weighted by atomic mass is 9.99. The zero-order valence-corrected chi connectivity index (χ0v) is 9.76. The number of aromatic carboxylic acids is 1. The fourth-order valence-electron chi connectivity index (χ4n) is 1.83. The lowest BCUT2D eigenvalue weighted by molar-refractivity contribution is -0.122. The number of pyridine rings is 1. The number of amides is 1. The third-order valence-electron chi connectivity index (χ3n) is 2.84. The number of hydrogen-bond donors (Lipinski definition) is 2. The van der Waals surface area contributed by atoms with Gasteiger partial charge in [-0.3, -0.25) is 9.78 Å². The molecule has 0 aromatic carbocycles. The highest BCUT2D eigenvalue weighted by Gasteiger charge is 2.21. The van der Waals surface area contributed by atoms with Gasteiger partial charge in [0.2, 0.25) is 5.91 Å². The van der Waals surface area contributed by atoms with Crippen molar-refractivity contribution in [1.82, 2.24) is 4.98 Å². The van der Waals surface area contributed by atoms with E-state index in [0.717, 1.165) is 0 Å². The number of ether oxygens (including phenoxy) is 1. The van der Waals surface area contributed by atoms with E-state index in [0.29, 0.717) is 31.7 Å². The number of carbonyl (C=O) groups is 2. The summed E-state index contributed by atoms with van der Waals surface area (Å²) in [6, 6.07) is 1.40. The molecule has 18 heavy (non-hydrogen) atoms. The van der Waals surface area contributed by atoms with E-state index in [1.807, 2.05) is 0 Å². The van der Waals surface area contributed by atoms with Gasteiger partial charge in [0.1, 0.15) is 0 Å². The van der Waals surface area contributed by atoms with Gasteiger partial charge in [-0.1, -0.05) is 0 Å². The molecule has 2 rings (SSSR count). The van der Waals surface area contributed by atoms with Gasteiger partial charge in [0.05, 0.1) is 17.4 Å². The Morgan fingerprint density at radius 3 is 2.72 bits per heavy atom. The number of carboxylic acids is 1. The molecule has 6 heteroatoms. The number of hydrogen-bond acceptors (Lipinski definition) is 4. The van der Waals surface area contributed by atoms with E-state index in [2.05, 4.69) is 10.3 Å². The van der Waals surface area contributed by atoms with E-state index in [1.165, 1.54) is 18.5 Å². The molecule has 96 valence electrons. The van der Waals surface area contributed by atoms with E-state index in [-0.39, 0.29) is 17.4 Å². The van der Waals surface area contributed by atoms with Crippen molar-refractivity contribution in [3.05, 3.63) is 24.0 Å². The maximum Gasteiger partial charge on any atom is 0.337 e. The maximum absolute atomic E-state index is 11.9. The highest BCUT2D eigenvalue weighted by molar-refractivity contribution is 5.94. The lowest BCUT2D eigenvalue weighted by Crippen LogP contribution is -2.28. The third-order valence-corrected chi connectivity index (χ3v) is 2.84. The molecule has 1 fully saturated rings. The summed E-state index contributed by atoms with van der Waals surface area (Å²) >= 11 is 0.